The molecule has 3 heteroatoms. The molecule has 1 saturated carbocycles. The van der Waals surface area contributed by atoms with Gasteiger partial charge in [0, 0.05) is 6.61 Å². The summed E-state index contributed by atoms with van der Waals surface area (Å²) in [5, 5.41) is 6.92. The van der Waals surface area contributed by atoms with Gasteiger partial charge in [-0.15, -0.1) is 0 Å². The summed E-state index contributed by atoms with van der Waals surface area (Å²) in [7, 11) is 0. The normalized spacial score (nSPS) is 21.3. The maximum atomic E-state index is 5.89. The Bertz CT molecular complexity index is 201. The monoisotopic (exact) mass is 254 g/mol. The summed E-state index contributed by atoms with van der Waals surface area (Å²) in [6, 6.07) is 0. The van der Waals surface area contributed by atoms with Crippen LogP contribution in [0.25, 0.3) is 0 Å². The fourth-order valence-corrected chi connectivity index (χ4v) is 2.55. The summed E-state index contributed by atoms with van der Waals surface area (Å²) in [4.78, 5) is 0. The van der Waals surface area contributed by atoms with Gasteiger partial charge in [-0.1, -0.05) is 12.8 Å². The van der Waals surface area contributed by atoms with E-state index in [1.807, 2.05) is 0 Å². The van der Waals surface area contributed by atoms with Gasteiger partial charge >= 0.3 is 0 Å². The van der Waals surface area contributed by atoms with Crippen LogP contribution in [0.4, 0.5) is 0 Å². The molecule has 0 unspecified atom stereocenters. The quantitative estimate of drug-likeness (QED) is 0.587. The molecule has 0 aromatic carbocycles. The van der Waals surface area contributed by atoms with Crippen LogP contribution in [0.3, 0.4) is 0 Å². The van der Waals surface area contributed by atoms with Gasteiger partial charge in [0.2, 0.25) is 0 Å². The van der Waals surface area contributed by atoms with Gasteiger partial charge in [-0.05, 0) is 70.6 Å². The van der Waals surface area contributed by atoms with E-state index in [9.17, 15) is 0 Å². The summed E-state index contributed by atoms with van der Waals surface area (Å²) in [6.45, 7) is 5.72. The summed E-state index contributed by atoms with van der Waals surface area (Å²) >= 11 is 0. The average Bonchev–Trinajstić information content (AvgIpc) is 3.22. The third-order valence-electron chi connectivity index (χ3n) is 4.02. The van der Waals surface area contributed by atoms with Crippen molar-refractivity contribution in [1.82, 2.24) is 10.6 Å². The van der Waals surface area contributed by atoms with Crippen molar-refractivity contribution in [2.75, 3.05) is 32.8 Å². The molecule has 0 aromatic rings. The van der Waals surface area contributed by atoms with Gasteiger partial charge in [-0.2, -0.15) is 0 Å². The number of hydrogen-bond acceptors (Lipinski definition) is 3. The molecule has 0 amide bonds. The topological polar surface area (TPSA) is 33.3 Å². The first-order valence-corrected chi connectivity index (χ1v) is 7.98. The van der Waals surface area contributed by atoms with E-state index in [4.69, 9.17) is 4.74 Å². The predicted molar refractivity (Wildman–Crippen MR) is 75.9 cm³/mol. The minimum absolute atomic E-state index is 0.534. The van der Waals surface area contributed by atoms with E-state index in [0.717, 1.165) is 25.6 Å². The largest absolute Gasteiger partial charge is 0.378 e. The molecule has 18 heavy (non-hydrogen) atoms. The Hall–Kier alpha value is -0.120. The van der Waals surface area contributed by atoms with Gasteiger partial charge in [0.05, 0.1) is 6.10 Å². The Balaban J connectivity index is 1.28. The summed E-state index contributed by atoms with van der Waals surface area (Å²) in [5.41, 5.74) is 0. The standard InChI is InChI=1S/C15H30N2O/c1(3-9-17-13-14-5-6-14)2-4-12-18-15-7-10-16-11-8-15/h14-17H,1-13H2. The molecule has 2 aliphatic rings. The van der Waals surface area contributed by atoms with Crippen LogP contribution >= 0.6 is 0 Å². The molecule has 0 atom stereocenters. The van der Waals surface area contributed by atoms with Crippen LogP contribution < -0.4 is 10.6 Å². The first-order chi connectivity index (χ1) is 8.95. The molecule has 1 saturated heterocycles. The Kier molecular flexibility index (Phi) is 7.06. The lowest BCUT2D eigenvalue weighted by Gasteiger charge is -2.22. The lowest BCUT2D eigenvalue weighted by atomic mass is 10.1. The number of unbranched alkanes of at least 4 members (excludes halogenated alkanes) is 3. The second-order valence-electron chi connectivity index (χ2n) is 5.88. The molecular formula is C15H30N2O. The molecular weight excluding hydrogens is 224 g/mol. The fraction of sp³-hybridized carbons (Fsp3) is 1.00. The fourth-order valence-electron chi connectivity index (χ4n) is 2.55. The van der Waals surface area contributed by atoms with Crippen molar-refractivity contribution < 1.29 is 4.74 Å². The Morgan fingerprint density at radius 2 is 1.72 bits per heavy atom. The number of rotatable bonds is 10. The van der Waals surface area contributed by atoms with Crippen molar-refractivity contribution >= 4 is 0 Å². The summed E-state index contributed by atoms with van der Waals surface area (Å²) in [5.74, 6) is 1.02. The van der Waals surface area contributed by atoms with Crippen LogP contribution in [-0.2, 0) is 4.74 Å². The number of hydrogen-bond donors (Lipinski definition) is 2. The first kappa shape index (κ1) is 14.3. The van der Waals surface area contributed by atoms with E-state index in [2.05, 4.69) is 10.6 Å². The molecule has 0 radical (unpaired) electrons. The second kappa shape index (κ2) is 8.89. The smallest absolute Gasteiger partial charge is 0.0599 e. The molecule has 1 heterocycles. The van der Waals surface area contributed by atoms with Gasteiger partial charge in [0.25, 0.3) is 0 Å². The minimum Gasteiger partial charge on any atom is -0.378 e. The SMILES string of the molecule is C(CCCOC1CCNCC1)CCNCC1CC1. The zero-order chi connectivity index (χ0) is 12.5. The van der Waals surface area contributed by atoms with E-state index < -0.39 is 0 Å². The maximum Gasteiger partial charge on any atom is 0.0599 e. The van der Waals surface area contributed by atoms with E-state index in [0.29, 0.717) is 6.10 Å². The first-order valence-electron chi connectivity index (χ1n) is 7.98. The van der Waals surface area contributed by atoms with Crippen molar-refractivity contribution in [2.45, 2.75) is 57.5 Å². The van der Waals surface area contributed by atoms with Crippen LogP contribution in [0.1, 0.15) is 51.4 Å². The van der Waals surface area contributed by atoms with E-state index in [-0.39, 0.29) is 0 Å². The number of piperidine rings is 1. The van der Waals surface area contributed by atoms with Crippen LogP contribution in [0.2, 0.25) is 0 Å². The van der Waals surface area contributed by atoms with E-state index in [1.165, 1.54) is 64.5 Å². The van der Waals surface area contributed by atoms with Gasteiger partial charge in [0.15, 0.2) is 0 Å². The van der Waals surface area contributed by atoms with Gasteiger partial charge in [-0.3, -0.25) is 0 Å². The highest BCUT2D eigenvalue weighted by atomic mass is 16.5. The zero-order valence-electron chi connectivity index (χ0n) is 11.8. The Morgan fingerprint density at radius 1 is 0.944 bits per heavy atom. The Labute approximate surface area is 112 Å². The lowest BCUT2D eigenvalue weighted by molar-refractivity contribution is 0.0307. The van der Waals surface area contributed by atoms with Gasteiger partial charge < -0.3 is 15.4 Å². The van der Waals surface area contributed by atoms with Crippen molar-refractivity contribution in [2.24, 2.45) is 5.92 Å². The minimum atomic E-state index is 0.534. The molecule has 0 spiro atoms. The molecule has 2 N–H and O–H groups in total. The summed E-state index contributed by atoms with van der Waals surface area (Å²) in [6.07, 6.45) is 11.1. The number of nitrogens with one attached hydrogen (secondary N) is 2. The zero-order valence-corrected chi connectivity index (χ0v) is 11.8. The summed E-state index contributed by atoms with van der Waals surface area (Å²) < 4.78 is 5.89. The average molecular weight is 254 g/mol. The predicted octanol–water partition coefficient (Wildman–Crippen LogP) is 2.32. The number of ether oxygens (including phenoxy) is 1. The molecule has 0 bridgehead atoms. The van der Waals surface area contributed by atoms with Crippen molar-refractivity contribution in [1.29, 1.82) is 0 Å². The molecule has 1 aliphatic heterocycles. The van der Waals surface area contributed by atoms with Crippen molar-refractivity contribution in [3.8, 4) is 0 Å². The van der Waals surface area contributed by atoms with Crippen molar-refractivity contribution in [3.63, 3.8) is 0 Å². The van der Waals surface area contributed by atoms with Crippen LogP contribution in [0, 0.1) is 5.92 Å². The molecule has 1 aliphatic carbocycles. The molecule has 2 fully saturated rings. The van der Waals surface area contributed by atoms with Gasteiger partial charge in [0.1, 0.15) is 0 Å². The molecule has 2 rings (SSSR count). The van der Waals surface area contributed by atoms with Crippen LogP contribution in [0.15, 0.2) is 0 Å². The van der Waals surface area contributed by atoms with Crippen molar-refractivity contribution in [3.05, 3.63) is 0 Å². The molecule has 106 valence electrons. The lowest BCUT2D eigenvalue weighted by Crippen LogP contribution is -2.32. The van der Waals surface area contributed by atoms with Crippen LogP contribution in [0.5, 0.6) is 0 Å². The second-order valence-corrected chi connectivity index (χ2v) is 5.88. The highest BCUT2D eigenvalue weighted by molar-refractivity contribution is 4.75. The van der Waals surface area contributed by atoms with E-state index in [1.54, 1.807) is 0 Å². The van der Waals surface area contributed by atoms with Gasteiger partial charge in [-0.25, -0.2) is 0 Å². The third-order valence-corrected chi connectivity index (χ3v) is 4.02. The van der Waals surface area contributed by atoms with E-state index >= 15 is 0 Å². The highest BCUT2D eigenvalue weighted by Crippen LogP contribution is 2.27. The van der Waals surface area contributed by atoms with Crippen LogP contribution in [-0.4, -0.2) is 38.9 Å². The maximum absolute atomic E-state index is 5.89. The molecule has 3 nitrogen and oxygen atoms in total. The third kappa shape index (κ3) is 6.72. The Morgan fingerprint density at radius 3 is 2.50 bits per heavy atom. The molecule has 0 aromatic heterocycles. The highest BCUT2D eigenvalue weighted by Gasteiger charge is 2.19.